The van der Waals surface area contributed by atoms with Gasteiger partial charge < -0.3 is 9.72 Å². The van der Waals surface area contributed by atoms with Crippen molar-refractivity contribution in [2.45, 2.75) is 6.92 Å². The molecule has 0 aliphatic heterocycles. The third kappa shape index (κ3) is 1.58. The van der Waals surface area contributed by atoms with Crippen LogP contribution in [0, 0.1) is 5.82 Å². The first-order valence-electron chi connectivity index (χ1n) is 4.66. The van der Waals surface area contributed by atoms with Gasteiger partial charge in [-0.2, -0.15) is 0 Å². The molecular weight excluding hydrogens is 197 g/mol. The Hall–Kier alpha value is -1.84. The maximum Gasteiger partial charge on any atom is 0.343 e. The molecule has 0 aliphatic rings. The van der Waals surface area contributed by atoms with Crippen LogP contribution in [0.5, 0.6) is 0 Å². The Labute approximate surface area is 85.9 Å². The van der Waals surface area contributed by atoms with Crippen molar-refractivity contribution in [2.75, 3.05) is 6.61 Å². The third-order valence-electron chi connectivity index (χ3n) is 2.16. The Bertz CT molecular complexity index is 504. The van der Waals surface area contributed by atoms with Crippen LogP contribution in [0.25, 0.3) is 10.9 Å². The SMILES string of the molecule is CCOC(=O)c1c(F)ccc2cc[nH]c12. The number of nitrogens with one attached hydrogen (secondary N) is 1. The molecule has 78 valence electrons. The Kier molecular flexibility index (Phi) is 2.41. The van der Waals surface area contributed by atoms with Gasteiger partial charge in [-0.25, -0.2) is 9.18 Å². The van der Waals surface area contributed by atoms with Crippen molar-refractivity contribution in [3.8, 4) is 0 Å². The van der Waals surface area contributed by atoms with E-state index in [2.05, 4.69) is 4.98 Å². The minimum Gasteiger partial charge on any atom is -0.462 e. The van der Waals surface area contributed by atoms with Crippen LogP contribution in [-0.2, 0) is 4.74 Å². The van der Waals surface area contributed by atoms with E-state index in [1.807, 2.05) is 0 Å². The van der Waals surface area contributed by atoms with Gasteiger partial charge in [0.05, 0.1) is 12.1 Å². The van der Waals surface area contributed by atoms with Crippen molar-refractivity contribution in [2.24, 2.45) is 0 Å². The first-order chi connectivity index (χ1) is 7.24. The molecule has 0 amide bonds. The molecule has 1 aromatic heterocycles. The monoisotopic (exact) mass is 207 g/mol. The van der Waals surface area contributed by atoms with Crippen molar-refractivity contribution in [3.63, 3.8) is 0 Å². The lowest BCUT2D eigenvalue weighted by molar-refractivity contribution is 0.0523. The molecule has 0 aliphatic carbocycles. The zero-order valence-corrected chi connectivity index (χ0v) is 8.21. The lowest BCUT2D eigenvalue weighted by Gasteiger charge is -2.04. The van der Waals surface area contributed by atoms with Crippen LogP contribution in [0.1, 0.15) is 17.3 Å². The maximum atomic E-state index is 13.5. The summed E-state index contributed by atoms with van der Waals surface area (Å²) in [4.78, 5) is 14.3. The molecule has 0 atom stereocenters. The Morgan fingerprint density at radius 3 is 3.00 bits per heavy atom. The van der Waals surface area contributed by atoms with Crippen LogP contribution in [0.3, 0.4) is 0 Å². The number of halogens is 1. The average Bonchev–Trinajstić information content (AvgIpc) is 2.65. The van der Waals surface area contributed by atoms with Gasteiger partial charge in [0, 0.05) is 11.6 Å². The van der Waals surface area contributed by atoms with Gasteiger partial charge in [-0.3, -0.25) is 0 Å². The lowest BCUT2D eigenvalue weighted by Crippen LogP contribution is -2.08. The van der Waals surface area contributed by atoms with Crippen molar-refractivity contribution in [3.05, 3.63) is 35.8 Å². The van der Waals surface area contributed by atoms with Gasteiger partial charge in [-0.15, -0.1) is 0 Å². The Morgan fingerprint density at radius 2 is 2.27 bits per heavy atom. The van der Waals surface area contributed by atoms with E-state index in [1.54, 1.807) is 25.3 Å². The number of benzene rings is 1. The minimum atomic E-state index is -0.636. The minimum absolute atomic E-state index is 0.0284. The zero-order chi connectivity index (χ0) is 10.8. The van der Waals surface area contributed by atoms with Gasteiger partial charge in [0.2, 0.25) is 0 Å². The molecule has 1 N–H and O–H groups in total. The van der Waals surface area contributed by atoms with Gasteiger partial charge >= 0.3 is 5.97 Å². The number of hydrogen-bond donors (Lipinski definition) is 1. The van der Waals surface area contributed by atoms with Crippen LogP contribution >= 0.6 is 0 Å². The Morgan fingerprint density at radius 1 is 1.47 bits per heavy atom. The topological polar surface area (TPSA) is 42.1 Å². The highest BCUT2D eigenvalue weighted by molar-refractivity contribution is 6.03. The van der Waals surface area contributed by atoms with Crippen LogP contribution in [0.15, 0.2) is 24.4 Å². The first-order valence-corrected chi connectivity index (χ1v) is 4.66. The summed E-state index contributed by atoms with van der Waals surface area (Å²) in [7, 11) is 0. The van der Waals surface area contributed by atoms with Crippen molar-refractivity contribution in [1.82, 2.24) is 4.98 Å². The van der Waals surface area contributed by atoms with Crippen LogP contribution in [0.2, 0.25) is 0 Å². The van der Waals surface area contributed by atoms with Gasteiger partial charge in [-0.05, 0) is 25.1 Å². The standard InChI is InChI=1S/C11H10FNO2/c1-2-15-11(14)9-8(12)4-3-7-5-6-13-10(7)9/h3-6,13H,2H2,1H3. The fourth-order valence-corrected chi connectivity index (χ4v) is 1.51. The van der Waals surface area contributed by atoms with Crippen LogP contribution < -0.4 is 0 Å². The predicted molar refractivity (Wildman–Crippen MR) is 54.2 cm³/mol. The number of esters is 1. The molecule has 2 rings (SSSR count). The Balaban J connectivity index is 2.61. The molecular formula is C11H10FNO2. The van der Waals surface area contributed by atoms with E-state index >= 15 is 0 Å². The summed E-state index contributed by atoms with van der Waals surface area (Å²) in [6, 6.07) is 4.66. The number of hydrogen-bond acceptors (Lipinski definition) is 2. The molecule has 1 aromatic carbocycles. The van der Waals surface area contributed by atoms with Gasteiger partial charge in [0.25, 0.3) is 0 Å². The average molecular weight is 207 g/mol. The molecule has 1 heterocycles. The van der Waals surface area contributed by atoms with E-state index < -0.39 is 11.8 Å². The number of aromatic amines is 1. The fraction of sp³-hybridized carbons (Fsp3) is 0.182. The molecule has 0 bridgehead atoms. The van der Waals surface area contributed by atoms with E-state index in [9.17, 15) is 9.18 Å². The van der Waals surface area contributed by atoms with Gasteiger partial charge in [0.1, 0.15) is 11.4 Å². The van der Waals surface area contributed by atoms with Crippen molar-refractivity contribution < 1.29 is 13.9 Å². The number of carbonyl (C=O) groups is 1. The number of H-pyrrole nitrogens is 1. The summed E-state index contributed by atoms with van der Waals surface area (Å²) in [5.41, 5.74) is 0.452. The lowest BCUT2D eigenvalue weighted by atomic mass is 10.1. The summed E-state index contributed by atoms with van der Waals surface area (Å²) in [6.45, 7) is 1.92. The van der Waals surface area contributed by atoms with E-state index in [4.69, 9.17) is 4.74 Å². The van der Waals surface area contributed by atoms with Gasteiger partial charge in [-0.1, -0.05) is 0 Å². The summed E-state index contributed by atoms with van der Waals surface area (Å²) in [5, 5.41) is 0.791. The second-order valence-electron chi connectivity index (χ2n) is 3.08. The van der Waals surface area contributed by atoms with E-state index in [-0.39, 0.29) is 12.2 Å². The number of aromatic nitrogens is 1. The van der Waals surface area contributed by atoms with Crippen molar-refractivity contribution in [1.29, 1.82) is 0 Å². The molecule has 0 fully saturated rings. The molecule has 3 nitrogen and oxygen atoms in total. The zero-order valence-electron chi connectivity index (χ0n) is 8.21. The number of ether oxygens (including phenoxy) is 1. The molecule has 0 saturated heterocycles. The number of fused-ring (bicyclic) bond motifs is 1. The molecule has 2 aromatic rings. The maximum absolute atomic E-state index is 13.5. The van der Waals surface area contributed by atoms with E-state index in [1.165, 1.54) is 6.07 Å². The second kappa shape index (κ2) is 3.73. The second-order valence-corrected chi connectivity index (χ2v) is 3.08. The third-order valence-corrected chi connectivity index (χ3v) is 2.16. The van der Waals surface area contributed by atoms with E-state index in [0.29, 0.717) is 5.52 Å². The molecule has 0 radical (unpaired) electrons. The number of carbonyl (C=O) groups excluding carboxylic acids is 1. The molecule has 15 heavy (non-hydrogen) atoms. The largest absolute Gasteiger partial charge is 0.462 e. The molecule has 0 unspecified atom stereocenters. The van der Waals surface area contributed by atoms with E-state index in [0.717, 1.165) is 5.39 Å². The first kappa shape index (κ1) is 9.71. The summed E-state index contributed by atoms with van der Waals surface area (Å²) < 4.78 is 18.2. The summed E-state index contributed by atoms with van der Waals surface area (Å²) in [6.07, 6.45) is 1.66. The highest BCUT2D eigenvalue weighted by Gasteiger charge is 2.17. The molecule has 4 heteroatoms. The normalized spacial score (nSPS) is 10.5. The molecule has 0 saturated carbocycles. The molecule has 0 spiro atoms. The van der Waals surface area contributed by atoms with Crippen LogP contribution in [-0.4, -0.2) is 17.6 Å². The van der Waals surface area contributed by atoms with Crippen LogP contribution in [0.4, 0.5) is 4.39 Å². The van der Waals surface area contributed by atoms with Crippen molar-refractivity contribution >= 4 is 16.9 Å². The van der Waals surface area contributed by atoms with Gasteiger partial charge in [0.15, 0.2) is 0 Å². The number of rotatable bonds is 2. The highest BCUT2D eigenvalue weighted by Crippen LogP contribution is 2.21. The highest BCUT2D eigenvalue weighted by atomic mass is 19.1. The fourth-order valence-electron chi connectivity index (χ4n) is 1.51. The summed E-state index contributed by atoms with van der Waals surface area (Å²) in [5.74, 6) is -1.20. The smallest absolute Gasteiger partial charge is 0.343 e. The summed E-state index contributed by atoms with van der Waals surface area (Å²) >= 11 is 0. The quantitative estimate of drug-likeness (QED) is 0.768. The predicted octanol–water partition coefficient (Wildman–Crippen LogP) is 2.48.